The van der Waals surface area contributed by atoms with E-state index in [1.807, 2.05) is 6.07 Å². The molecule has 0 aromatic heterocycles. The zero-order chi connectivity index (χ0) is 8.97. The normalized spacial score (nSPS) is 10.2. The van der Waals surface area contributed by atoms with E-state index in [0.29, 0.717) is 18.6 Å². The second kappa shape index (κ2) is 4.21. The summed E-state index contributed by atoms with van der Waals surface area (Å²) in [6, 6.07) is 5.43. The van der Waals surface area contributed by atoms with Gasteiger partial charge in [0.15, 0.2) is 0 Å². The topological polar surface area (TPSA) is 9.23 Å². The van der Waals surface area contributed by atoms with E-state index in [4.69, 9.17) is 4.74 Å². The molecule has 1 rings (SSSR count). The van der Waals surface area contributed by atoms with Crippen molar-refractivity contribution in [2.24, 2.45) is 0 Å². The summed E-state index contributed by atoms with van der Waals surface area (Å²) in [4.78, 5) is 0. The van der Waals surface area contributed by atoms with E-state index < -0.39 is 0 Å². The van der Waals surface area contributed by atoms with Crippen molar-refractivity contribution in [1.29, 1.82) is 0 Å². The smallest absolute Gasteiger partial charge is 0.129 e. The van der Waals surface area contributed by atoms with Gasteiger partial charge in [0.05, 0.1) is 6.61 Å². The predicted octanol–water partition coefficient (Wildman–Crippen LogP) is 2.32. The minimum Gasteiger partial charge on any atom is -0.384 e. The molecule has 0 fully saturated rings. The molecule has 0 aliphatic heterocycles. The molecular weight excluding hydrogens is 155 g/mol. The standard InChI is InChI=1S/C10H13FO/c1-8-4-3-5-9(10(8)11)6-7-12-2/h3-5H,6-7H2,1-2H3. The molecule has 2 heteroatoms. The lowest BCUT2D eigenvalue weighted by Gasteiger charge is -2.03. The Labute approximate surface area is 72.2 Å². The van der Waals surface area contributed by atoms with Crippen molar-refractivity contribution >= 4 is 0 Å². The number of aryl methyl sites for hydroxylation is 1. The van der Waals surface area contributed by atoms with Gasteiger partial charge in [-0.15, -0.1) is 0 Å². The van der Waals surface area contributed by atoms with Crippen molar-refractivity contribution in [2.45, 2.75) is 13.3 Å². The molecule has 0 heterocycles. The minimum atomic E-state index is -0.102. The summed E-state index contributed by atoms with van der Waals surface area (Å²) >= 11 is 0. The highest BCUT2D eigenvalue weighted by molar-refractivity contribution is 5.24. The Kier molecular flexibility index (Phi) is 3.23. The third-order valence-corrected chi connectivity index (χ3v) is 1.85. The van der Waals surface area contributed by atoms with Gasteiger partial charge in [-0.05, 0) is 24.5 Å². The molecule has 0 saturated heterocycles. The summed E-state index contributed by atoms with van der Waals surface area (Å²) < 4.78 is 18.1. The van der Waals surface area contributed by atoms with Crippen LogP contribution in [0, 0.1) is 12.7 Å². The molecule has 0 unspecified atom stereocenters. The SMILES string of the molecule is COCCc1cccc(C)c1F. The van der Waals surface area contributed by atoms with Gasteiger partial charge in [-0.25, -0.2) is 4.39 Å². The first-order valence-electron chi connectivity index (χ1n) is 3.98. The Morgan fingerprint density at radius 3 is 2.83 bits per heavy atom. The largest absolute Gasteiger partial charge is 0.384 e. The van der Waals surface area contributed by atoms with Gasteiger partial charge >= 0.3 is 0 Å². The molecule has 12 heavy (non-hydrogen) atoms. The first-order chi connectivity index (χ1) is 5.75. The van der Waals surface area contributed by atoms with Crippen molar-refractivity contribution in [3.8, 4) is 0 Å². The van der Waals surface area contributed by atoms with Gasteiger partial charge in [-0.3, -0.25) is 0 Å². The maximum atomic E-state index is 13.3. The number of rotatable bonds is 3. The lowest BCUT2D eigenvalue weighted by atomic mass is 10.1. The van der Waals surface area contributed by atoms with Crippen molar-refractivity contribution in [2.75, 3.05) is 13.7 Å². The van der Waals surface area contributed by atoms with Crippen molar-refractivity contribution in [3.63, 3.8) is 0 Å². The Morgan fingerprint density at radius 1 is 1.42 bits per heavy atom. The van der Waals surface area contributed by atoms with Crippen LogP contribution in [0.15, 0.2) is 18.2 Å². The van der Waals surface area contributed by atoms with Crippen LogP contribution in [0.25, 0.3) is 0 Å². The van der Waals surface area contributed by atoms with Gasteiger partial charge in [-0.1, -0.05) is 18.2 Å². The van der Waals surface area contributed by atoms with Crippen LogP contribution in [0.5, 0.6) is 0 Å². The average Bonchev–Trinajstić information content (AvgIpc) is 2.08. The fraction of sp³-hybridized carbons (Fsp3) is 0.400. The molecule has 0 amide bonds. The maximum Gasteiger partial charge on any atom is 0.129 e. The monoisotopic (exact) mass is 168 g/mol. The number of hydrogen-bond acceptors (Lipinski definition) is 1. The summed E-state index contributed by atoms with van der Waals surface area (Å²) in [5.74, 6) is -0.102. The molecule has 0 bridgehead atoms. The van der Waals surface area contributed by atoms with Gasteiger partial charge < -0.3 is 4.74 Å². The van der Waals surface area contributed by atoms with Crippen LogP contribution in [0.1, 0.15) is 11.1 Å². The van der Waals surface area contributed by atoms with E-state index in [0.717, 1.165) is 5.56 Å². The summed E-state index contributed by atoms with van der Waals surface area (Å²) in [6.07, 6.45) is 0.643. The van der Waals surface area contributed by atoms with Crippen LogP contribution in [0.2, 0.25) is 0 Å². The molecule has 0 radical (unpaired) electrons. The molecule has 0 aliphatic carbocycles. The van der Waals surface area contributed by atoms with Crippen molar-refractivity contribution in [1.82, 2.24) is 0 Å². The van der Waals surface area contributed by atoms with Crippen molar-refractivity contribution in [3.05, 3.63) is 35.1 Å². The highest BCUT2D eigenvalue weighted by Crippen LogP contribution is 2.12. The fourth-order valence-electron chi connectivity index (χ4n) is 1.11. The zero-order valence-corrected chi connectivity index (χ0v) is 7.43. The second-order valence-corrected chi connectivity index (χ2v) is 2.79. The third kappa shape index (κ3) is 2.05. The summed E-state index contributed by atoms with van der Waals surface area (Å²) in [7, 11) is 1.62. The van der Waals surface area contributed by atoms with Crippen LogP contribution >= 0.6 is 0 Å². The molecule has 66 valence electrons. The predicted molar refractivity (Wildman–Crippen MR) is 46.7 cm³/mol. The molecule has 0 spiro atoms. The minimum absolute atomic E-state index is 0.102. The Balaban J connectivity index is 2.78. The van der Waals surface area contributed by atoms with Gasteiger partial charge in [0, 0.05) is 7.11 Å². The summed E-state index contributed by atoms with van der Waals surface area (Å²) in [5.41, 5.74) is 1.43. The van der Waals surface area contributed by atoms with Crippen LogP contribution in [-0.2, 0) is 11.2 Å². The van der Waals surface area contributed by atoms with Gasteiger partial charge in [0.25, 0.3) is 0 Å². The van der Waals surface area contributed by atoms with Crippen molar-refractivity contribution < 1.29 is 9.13 Å². The highest BCUT2D eigenvalue weighted by Gasteiger charge is 2.02. The number of hydrogen-bond donors (Lipinski definition) is 0. The quantitative estimate of drug-likeness (QED) is 0.673. The fourth-order valence-corrected chi connectivity index (χ4v) is 1.11. The number of benzene rings is 1. The van der Waals surface area contributed by atoms with Gasteiger partial charge in [0.2, 0.25) is 0 Å². The zero-order valence-electron chi connectivity index (χ0n) is 7.43. The number of methoxy groups -OCH3 is 1. The number of ether oxygens (including phenoxy) is 1. The van der Waals surface area contributed by atoms with E-state index in [1.54, 1.807) is 26.2 Å². The maximum absolute atomic E-state index is 13.3. The van der Waals surface area contributed by atoms with E-state index in [2.05, 4.69) is 0 Å². The van der Waals surface area contributed by atoms with Gasteiger partial charge in [0.1, 0.15) is 5.82 Å². The molecular formula is C10H13FO. The van der Waals surface area contributed by atoms with E-state index in [9.17, 15) is 4.39 Å². The molecule has 1 aromatic rings. The van der Waals surface area contributed by atoms with Crippen LogP contribution in [-0.4, -0.2) is 13.7 Å². The Morgan fingerprint density at radius 2 is 2.17 bits per heavy atom. The Hall–Kier alpha value is -0.890. The molecule has 1 aromatic carbocycles. The summed E-state index contributed by atoms with van der Waals surface area (Å²) in [5, 5.41) is 0. The van der Waals surface area contributed by atoms with Crippen LogP contribution in [0.3, 0.4) is 0 Å². The molecule has 0 saturated carbocycles. The van der Waals surface area contributed by atoms with Gasteiger partial charge in [-0.2, -0.15) is 0 Å². The lowest BCUT2D eigenvalue weighted by Crippen LogP contribution is -1.98. The Bertz CT molecular complexity index is 258. The molecule has 1 nitrogen and oxygen atoms in total. The van der Waals surface area contributed by atoms with E-state index in [-0.39, 0.29) is 5.82 Å². The van der Waals surface area contributed by atoms with E-state index >= 15 is 0 Å². The second-order valence-electron chi connectivity index (χ2n) is 2.79. The molecule has 0 atom stereocenters. The summed E-state index contributed by atoms with van der Waals surface area (Å²) in [6.45, 7) is 2.34. The van der Waals surface area contributed by atoms with Crippen LogP contribution in [0.4, 0.5) is 4.39 Å². The lowest BCUT2D eigenvalue weighted by molar-refractivity contribution is 0.201. The average molecular weight is 168 g/mol. The third-order valence-electron chi connectivity index (χ3n) is 1.85. The van der Waals surface area contributed by atoms with Crippen LogP contribution < -0.4 is 0 Å². The molecule has 0 N–H and O–H groups in total. The molecule has 0 aliphatic rings. The highest BCUT2D eigenvalue weighted by atomic mass is 19.1. The first-order valence-corrected chi connectivity index (χ1v) is 3.98. The first kappa shape index (κ1) is 9.20. The van der Waals surface area contributed by atoms with E-state index in [1.165, 1.54) is 0 Å². The number of halogens is 1.